The number of rotatable bonds is 11. The smallest absolute Gasteiger partial charge is 0.257 e. The molecule has 35 heavy (non-hydrogen) atoms. The van der Waals surface area contributed by atoms with E-state index in [0.717, 1.165) is 18.4 Å². The Hall–Kier alpha value is -3.04. The van der Waals surface area contributed by atoms with Crippen LogP contribution in [0.3, 0.4) is 0 Å². The summed E-state index contributed by atoms with van der Waals surface area (Å²) < 4.78 is 47.8. The van der Waals surface area contributed by atoms with Gasteiger partial charge in [-0.2, -0.15) is 0 Å². The fourth-order valence-corrected chi connectivity index (χ4v) is 5.51. The first kappa shape index (κ1) is 25.1. The summed E-state index contributed by atoms with van der Waals surface area (Å²) in [6.07, 6.45) is 3.52. The van der Waals surface area contributed by atoms with Crippen LogP contribution in [-0.2, 0) is 33.4 Å². The maximum absolute atomic E-state index is 14.4. The minimum Gasteiger partial charge on any atom is -0.383 e. The van der Waals surface area contributed by atoms with E-state index >= 15 is 0 Å². The fraction of sp³-hybridized carbons (Fsp3) is 0.385. The van der Waals surface area contributed by atoms with Crippen molar-refractivity contribution in [3.05, 3.63) is 82.9 Å². The molecule has 1 aliphatic rings. The summed E-state index contributed by atoms with van der Waals surface area (Å²) >= 11 is 0. The highest BCUT2D eigenvalue weighted by Gasteiger charge is 2.30. The number of aromatic nitrogens is 2. The highest BCUT2D eigenvalue weighted by Crippen LogP contribution is 2.31. The molecule has 2 aromatic carbocycles. The first-order valence-electron chi connectivity index (χ1n) is 11.6. The third kappa shape index (κ3) is 6.15. The zero-order valence-corrected chi connectivity index (χ0v) is 20.8. The van der Waals surface area contributed by atoms with Crippen molar-refractivity contribution in [1.29, 1.82) is 0 Å². The maximum atomic E-state index is 14.4. The second kappa shape index (κ2) is 10.7. The van der Waals surface area contributed by atoms with E-state index in [2.05, 4.69) is 4.98 Å². The molecule has 1 saturated carbocycles. The largest absolute Gasteiger partial charge is 0.383 e. The van der Waals surface area contributed by atoms with Crippen LogP contribution in [0, 0.1) is 18.7 Å². The van der Waals surface area contributed by atoms with Gasteiger partial charge in [-0.25, -0.2) is 17.8 Å². The van der Waals surface area contributed by atoms with Crippen molar-refractivity contribution in [2.45, 2.75) is 43.8 Å². The van der Waals surface area contributed by atoms with Crippen LogP contribution in [0.1, 0.15) is 40.0 Å². The molecule has 0 saturated heterocycles. The molecule has 0 bridgehead atoms. The molecule has 186 valence electrons. The average molecular weight is 500 g/mol. The monoisotopic (exact) mass is 499 g/mol. The molecule has 0 atom stereocenters. The van der Waals surface area contributed by atoms with Gasteiger partial charge in [0.15, 0.2) is 0 Å². The van der Waals surface area contributed by atoms with Gasteiger partial charge < -0.3 is 14.2 Å². The molecule has 4 rings (SSSR count). The molecule has 0 N–H and O–H groups in total. The summed E-state index contributed by atoms with van der Waals surface area (Å²) in [5, 5.41) is -0.0603. The number of aryl methyl sites for hydroxylation is 1. The molecule has 1 fully saturated rings. The number of methoxy groups -OCH3 is 1. The van der Waals surface area contributed by atoms with Crippen LogP contribution < -0.4 is 0 Å². The molecule has 1 amide bonds. The Morgan fingerprint density at radius 1 is 1.17 bits per heavy atom. The van der Waals surface area contributed by atoms with Crippen molar-refractivity contribution in [2.75, 3.05) is 20.3 Å². The van der Waals surface area contributed by atoms with E-state index in [9.17, 15) is 17.6 Å². The van der Waals surface area contributed by atoms with E-state index in [1.54, 1.807) is 33.7 Å². The Labute approximate surface area is 205 Å². The summed E-state index contributed by atoms with van der Waals surface area (Å²) in [5.41, 5.74) is 2.28. The van der Waals surface area contributed by atoms with Crippen molar-refractivity contribution < 1.29 is 22.3 Å². The molecule has 7 nitrogen and oxygen atoms in total. The van der Waals surface area contributed by atoms with Crippen LogP contribution in [0.4, 0.5) is 4.39 Å². The van der Waals surface area contributed by atoms with Crippen LogP contribution in [0.2, 0.25) is 0 Å². The van der Waals surface area contributed by atoms with Gasteiger partial charge in [0, 0.05) is 20.2 Å². The molecular formula is C26H30FN3O4S. The molecule has 1 aliphatic carbocycles. The number of hydrogen-bond acceptors (Lipinski definition) is 5. The summed E-state index contributed by atoms with van der Waals surface area (Å²) in [5.74, 6) is -0.812. The number of carbonyl (C=O) groups excluding carboxylic acids is 1. The molecule has 0 aliphatic heterocycles. The van der Waals surface area contributed by atoms with Crippen molar-refractivity contribution in [3.8, 4) is 0 Å². The first-order valence-corrected chi connectivity index (χ1v) is 13.3. The Morgan fingerprint density at radius 3 is 2.54 bits per heavy atom. The molecule has 0 spiro atoms. The maximum Gasteiger partial charge on any atom is 0.257 e. The van der Waals surface area contributed by atoms with Crippen LogP contribution in [0.15, 0.2) is 59.9 Å². The normalized spacial score (nSPS) is 13.7. The molecule has 3 aromatic rings. The van der Waals surface area contributed by atoms with E-state index in [-0.39, 0.29) is 36.2 Å². The van der Waals surface area contributed by atoms with Gasteiger partial charge in [-0.1, -0.05) is 42.0 Å². The SMILES string of the molecule is COCCn1c(CN(CC2CC2)C(=O)c2ccccc2F)cnc1S(=O)(=O)Cc1ccc(C)cc1. The van der Waals surface area contributed by atoms with Gasteiger partial charge in [0.2, 0.25) is 15.0 Å². The minimum atomic E-state index is -3.76. The Balaban J connectivity index is 1.64. The molecule has 0 unspecified atom stereocenters. The van der Waals surface area contributed by atoms with Gasteiger partial charge in [0.25, 0.3) is 5.91 Å². The van der Waals surface area contributed by atoms with Gasteiger partial charge in [-0.05, 0) is 43.4 Å². The van der Waals surface area contributed by atoms with Crippen LogP contribution in [-0.4, -0.2) is 49.0 Å². The number of imidazole rings is 1. The van der Waals surface area contributed by atoms with E-state index in [1.807, 2.05) is 19.1 Å². The molecular weight excluding hydrogens is 469 g/mol. The Kier molecular flexibility index (Phi) is 7.66. The standard InChI is InChI=1S/C26H30FN3O4S/c1-19-7-9-21(10-8-19)18-35(32,33)26-28-15-22(30(26)13-14-34-2)17-29(16-20-11-12-20)25(31)23-5-3-4-6-24(23)27/h3-10,15,20H,11-14,16-18H2,1-2H3. The van der Waals surface area contributed by atoms with Gasteiger partial charge in [-0.3, -0.25) is 4.79 Å². The molecule has 9 heteroatoms. The quantitative estimate of drug-likeness (QED) is 0.398. The third-order valence-corrected chi connectivity index (χ3v) is 7.69. The van der Waals surface area contributed by atoms with Gasteiger partial charge in [-0.15, -0.1) is 0 Å². The molecule has 0 radical (unpaired) electrons. The number of halogens is 1. The number of carbonyl (C=O) groups is 1. The topological polar surface area (TPSA) is 81.5 Å². The second-order valence-electron chi connectivity index (χ2n) is 9.03. The molecule has 1 heterocycles. The fourth-order valence-electron chi connectivity index (χ4n) is 3.99. The first-order chi connectivity index (χ1) is 16.8. The summed E-state index contributed by atoms with van der Waals surface area (Å²) in [6.45, 7) is 3.09. The van der Waals surface area contributed by atoms with E-state index in [4.69, 9.17) is 4.74 Å². The molecule has 1 aromatic heterocycles. The lowest BCUT2D eigenvalue weighted by Gasteiger charge is -2.24. The summed E-state index contributed by atoms with van der Waals surface area (Å²) in [4.78, 5) is 19.1. The van der Waals surface area contributed by atoms with E-state index in [1.165, 1.54) is 25.4 Å². The zero-order valence-electron chi connectivity index (χ0n) is 20.0. The number of hydrogen-bond donors (Lipinski definition) is 0. The average Bonchev–Trinajstić information content (AvgIpc) is 3.56. The lowest BCUT2D eigenvalue weighted by atomic mass is 10.1. The Morgan fingerprint density at radius 2 is 1.89 bits per heavy atom. The predicted octanol–water partition coefficient (Wildman–Crippen LogP) is 4.00. The van der Waals surface area contributed by atoms with Crippen molar-refractivity contribution in [2.24, 2.45) is 5.92 Å². The predicted molar refractivity (Wildman–Crippen MR) is 130 cm³/mol. The third-order valence-electron chi connectivity index (χ3n) is 6.10. The van der Waals surface area contributed by atoms with E-state index < -0.39 is 21.6 Å². The van der Waals surface area contributed by atoms with Gasteiger partial charge >= 0.3 is 0 Å². The minimum absolute atomic E-state index is 0.00308. The van der Waals surface area contributed by atoms with Crippen LogP contribution in [0.5, 0.6) is 0 Å². The number of ether oxygens (including phenoxy) is 1. The van der Waals surface area contributed by atoms with Gasteiger partial charge in [0.1, 0.15) is 5.82 Å². The highest BCUT2D eigenvalue weighted by molar-refractivity contribution is 7.90. The van der Waals surface area contributed by atoms with Crippen molar-refractivity contribution >= 4 is 15.7 Å². The number of benzene rings is 2. The van der Waals surface area contributed by atoms with Gasteiger partial charge in [0.05, 0.1) is 36.4 Å². The lowest BCUT2D eigenvalue weighted by molar-refractivity contribution is 0.0725. The van der Waals surface area contributed by atoms with E-state index in [0.29, 0.717) is 23.7 Å². The van der Waals surface area contributed by atoms with Crippen LogP contribution >= 0.6 is 0 Å². The van der Waals surface area contributed by atoms with Crippen LogP contribution in [0.25, 0.3) is 0 Å². The number of amides is 1. The summed E-state index contributed by atoms with van der Waals surface area (Å²) in [7, 11) is -2.22. The highest BCUT2D eigenvalue weighted by atomic mass is 32.2. The summed E-state index contributed by atoms with van der Waals surface area (Å²) in [6, 6.07) is 13.2. The zero-order chi connectivity index (χ0) is 25.0. The van der Waals surface area contributed by atoms with Crippen molar-refractivity contribution in [1.82, 2.24) is 14.5 Å². The second-order valence-corrected chi connectivity index (χ2v) is 10.9. The lowest BCUT2D eigenvalue weighted by Crippen LogP contribution is -2.34. The number of sulfone groups is 1. The van der Waals surface area contributed by atoms with Crippen molar-refractivity contribution in [3.63, 3.8) is 0 Å². The number of nitrogens with zero attached hydrogens (tertiary/aromatic N) is 3. The Bertz CT molecular complexity index is 1280.